The van der Waals surface area contributed by atoms with E-state index in [2.05, 4.69) is 17.4 Å². The molecule has 1 aliphatic heterocycles. The molecule has 0 bridgehead atoms. The Bertz CT molecular complexity index is 1040. The first kappa shape index (κ1) is 23.2. The largest absolute Gasteiger partial charge is 0.480 e. The molecule has 1 saturated heterocycles. The van der Waals surface area contributed by atoms with Crippen molar-refractivity contribution in [3.63, 3.8) is 0 Å². The molecule has 1 aliphatic carbocycles. The first-order chi connectivity index (χ1) is 15.7. The number of amides is 2. The molecule has 0 saturated carbocycles. The molecule has 174 valence electrons. The molecular formula is C25H28N2O5S. The van der Waals surface area contributed by atoms with Gasteiger partial charge in [0, 0.05) is 11.7 Å². The predicted octanol–water partition coefficient (Wildman–Crippen LogP) is 4.07. The average Bonchev–Trinajstić information content (AvgIpc) is 3.36. The Morgan fingerprint density at radius 3 is 2.21 bits per heavy atom. The number of alkyl carbamates (subject to hydrolysis) is 1. The quantitative estimate of drug-likeness (QED) is 0.664. The Morgan fingerprint density at radius 2 is 1.67 bits per heavy atom. The molecule has 2 atom stereocenters. The topological polar surface area (TPSA) is 95.9 Å². The molecule has 8 heteroatoms. The summed E-state index contributed by atoms with van der Waals surface area (Å²) in [7, 11) is 0. The number of hydrogen-bond acceptors (Lipinski definition) is 5. The summed E-state index contributed by atoms with van der Waals surface area (Å²) >= 11 is 1.44. The zero-order valence-corrected chi connectivity index (χ0v) is 19.7. The van der Waals surface area contributed by atoms with Gasteiger partial charge in [0.1, 0.15) is 18.2 Å². The van der Waals surface area contributed by atoms with E-state index in [0.29, 0.717) is 12.2 Å². The summed E-state index contributed by atoms with van der Waals surface area (Å²) < 4.78 is 5.57. The van der Waals surface area contributed by atoms with Gasteiger partial charge in [0.25, 0.3) is 0 Å². The fourth-order valence-electron chi connectivity index (χ4n) is 4.61. The van der Waals surface area contributed by atoms with Gasteiger partial charge < -0.3 is 20.1 Å². The maximum absolute atomic E-state index is 13.3. The smallest absolute Gasteiger partial charge is 0.408 e. The van der Waals surface area contributed by atoms with Crippen LogP contribution in [0.1, 0.15) is 44.2 Å². The number of aliphatic carboxylic acids is 1. The Labute approximate surface area is 197 Å². The number of carboxylic acid groups (broad SMARTS) is 1. The predicted molar refractivity (Wildman–Crippen MR) is 127 cm³/mol. The van der Waals surface area contributed by atoms with Crippen molar-refractivity contribution in [2.45, 2.75) is 50.1 Å². The molecule has 0 radical (unpaired) electrons. The molecule has 2 aliphatic rings. The Kier molecular flexibility index (Phi) is 6.38. The van der Waals surface area contributed by atoms with Crippen LogP contribution < -0.4 is 5.32 Å². The fourth-order valence-corrected chi connectivity index (χ4v) is 5.95. The number of nitrogens with one attached hydrogen (secondary N) is 1. The van der Waals surface area contributed by atoms with Crippen molar-refractivity contribution >= 4 is 29.7 Å². The van der Waals surface area contributed by atoms with Crippen LogP contribution in [-0.4, -0.2) is 57.3 Å². The van der Waals surface area contributed by atoms with Gasteiger partial charge in [-0.05, 0) is 42.5 Å². The van der Waals surface area contributed by atoms with Crippen molar-refractivity contribution < 1.29 is 24.2 Å². The summed E-state index contributed by atoms with van der Waals surface area (Å²) in [5.41, 5.74) is 3.16. The molecule has 2 aromatic carbocycles. The number of hydrogen-bond donors (Lipinski definition) is 2. The van der Waals surface area contributed by atoms with E-state index < -0.39 is 29.6 Å². The van der Waals surface area contributed by atoms with Crippen LogP contribution >= 0.6 is 11.8 Å². The van der Waals surface area contributed by atoms with E-state index in [0.717, 1.165) is 22.3 Å². The second kappa shape index (κ2) is 9.09. The van der Waals surface area contributed by atoms with Gasteiger partial charge in [0.05, 0.1) is 5.37 Å². The van der Waals surface area contributed by atoms with Crippen LogP contribution in [0.4, 0.5) is 4.79 Å². The minimum absolute atomic E-state index is 0.0854. The second-order valence-electron chi connectivity index (χ2n) is 8.84. The van der Waals surface area contributed by atoms with E-state index in [1.54, 1.807) is 13.8 Å². The minimum atomic E-state index is -1.31. The lowest BCUT2D eigenvalue weighted by Crippen LogP contribution is -2.59. The van der Waals surface area contributed by atoms with Gasteiger partial charge in [-0.2, -0.15) is 0 Å². The van der Waals surface area contributed by atoms with Gasteiger partial charge in [-0.15, -0.1) is 11.8 Å². The van der Waals surface area contributed by atoms with Crippen LogP contribution in [-0.2, 0) is 14.3 Å². The van der Waals surface area contributed by atoms with E-state index in [-0.39, 0.29) is 17.9 Å². The first-order valence-electron chi connectivity index (χ1n) is 11.0. The SMILES string of the molecule is CCC1SCC(C(=O)O)N1C(=O)C(C)(C)NC(=O)OCC1c2ccccc2-c2ccccc21. The molecule has 0 spiro atoms. The van der Waals surface area contributed by atoms with E-state index in [9.17, 15) is 19.5 Å². The normalized spacial score (nSPS) is 19.7. The number of fused-ring (bicyclic) bond motifs is 3. The third kappa shape index (κ3) is 4.31. The van der Waals surface area contributed by atoms with Crippen molar-refractivity contribution in [2.24, 2.45) is 0 Å². The van der Waals surface area contributed by atoms with Gasteiger partial charge >= 0.3 is 12.1 Å². The highest BCUT2D eigenvalue weighted by Crippen LogP contribution is 2.44. The number of nitrogens with zero attached hydrogens (tertiary/aromatic N) is 1. The van der Waals surface area contributed by atoms with Crippen molar-refractivity contribution in [1.29, 1.82) is 0 Å². The van der Waals surface area contributed by atoms with Crippen molar-refractivity contribution in [2.75, 3.05) is 12.4 Å². The van der Waals surface area contributed by atoms with Gasteiger partial charge in [0.2, 0.25) is 5.91 Å². The molecule has 0 aromatic heterocycles. The van der Waals surface area contributed by atoms with Crippen LogP contribution in [0.2, 0.25) is 0 Å². The fraction of sp³-hybridized carbons (Fsp3) is 0.400. The minimum Gasteiger partial charge on any atom is -0.480 e. The highest BCUT2D eigenvalue weighted by Gasteiger charge is 2.46. The average molecular weight is 469 g/mol. The van der Waals surface area contributed by atoms with Crippen LogP contribution in [0.3, 0.4) is 0 Å². The maximum atomic E-state index is 13.3. The molecule has 4 rings (SSSR count). The van der Waals surface area contributed by atoms with E-state index in [4.69, 9.17) is 4.74 Å². The number of thioether (sulfide) groups is 1. The summed E-state index contributed by atoms with van der Waals surface area (Å²) in [6.45, 7) is 5.20. The summed E-state index contributed by atoms with van der Waals surface area (Å²) in [4.78, 5) is 39.0. The molecule has 1 fully saturated rings. The lowest BCUT2D eigenvalue weighted by molar-refractivity contribution is -0.151. The number of ether oxygens (including phenoxy) is 1. The van der Waals surface area contributed by atoms with Crippen molar-refractivity contribution in [3.8, 4) is 11.1 Å². The van der Waals surface area contributed by atoms with Gasteiger partial charge in [-0.3, -0.25) is 4.79 Å². The number of rotatable bonds is 6. The van der Waals surface area contributed by atoms with E-state index in [1.807, 2.05) is 43.3 Å². The molecule has 1 heterocycles. The van der Waals surface area contributed by atoms with Gasteiger partial charge in [0.15, 0.2) is 0 Å². The molecule has 2 N–H and O–H groups in total. The molecule has 7 nitrogen and oxygen atoms in total. The number of carbonyl (C=O) groups is 3. The molecule has 2 amide bonds. The third-order valence-corrected chi connectivity index (χ3v) is 7.71. The van der Waals surface area contributed by atoms with Crippen molar-refractivity contribution in [1.82, 2.24) is 10.2 Å². The summed E-state index contributed by atoms with van der Waals surface area (Å²) in [5, 5.41) is 12.0. The molecule has 2 unspecified atom stereocenters. The zero-order chi connectivity index (χ0) is 23.8. The highest BCUT2D eigenvalue weighted by atomic mass is 32.2. The lowest BCUT2D eigenvalue weighted by atomic mass is 9.98. The van der Waals surface area contributed by atoms with Crippen molar-refractivity contribution in [3.05, 3.63) is 59.7 Å². The lowest BCUT2D eigenvalue weighted by Gasteiger charge is -2.34. The third-order valence-electron chi connectivity index (χ3n) is 6.25. The molecular weight excluding hydrogens is 440 g/mol. The first-order valence-corrected chi connectivity index (χ1v) is 12.1. The van der Waals surface area contributed by atoms with Crippen LogP contribution in [0.25, 0.3) is 11.1 Å². The highest BCUT2D eigenvalue weighted by molar-refractivity contribution is 8.00. The standard InChI is InChI=1S/C25H28N2O5S/c1-4-21-27(20(14-33-21)22(28)29)23(30)25(2,3)26-24(31)32-13-19-17-11-7-5-9-15(17)16-10-6-8-12-18(16)19/h5-12,19-21H,4,13-14H2,1-3H3,(H,26,31)(H,28,29). The number of carboxylic acids is 1. The Balaban J connectivity index is 1.44. The molecule has 33 heavy (non-hydrogen) atoms. The zero-order valence-electron chi connectivity index (χ0n) is 18.9. The molecule has 2 aromatic rings. The summed E-state index contributed by atoms with van der Waals surface area (Å²) in [5.74, 6) is -1.22. The van der Waals surface area contributed by atoms with Gasteiger partial charge in [-0.1, -0.05) is 55.5 Å². The Morgan fingerprint density at radius 1 is 1.09 bits per heavy atom. The summed E-state index contributed by atoms with van der Waals surface area (Å²) in [6, 6.07) is 15.2. The van der Waals surface area contributed by atoms with Crippen LogP contribution in [0.5, 0.6) is 0 Å². The monoisotopic (exact) mass is 468 g/mol. The number of carbonyl (C=O) groups excluding carboxylic acids is 2. The van der Waals surface area contributed by atoms with Crippen LogP contribution in [0, 0.1) is 0 Å². The van der Waals surface area contributed by atoms with Gasteiger partial charge in [-0.25, -0.2) is 9.59 Å². The van der Waals surface area contributed by atoms with E-state index in [1.165, 1.54) is 16.7 Å². The van der Waals surface area contributed by atoms with E-state index >= 15 is 0 Å². The van der Waals surface area contributed by atoms with Crippen LogP contribution in [0.15, 0.2) is 48.5 Å². The number of benzene rings is 2. The Hall–Kier alpha value is -3.00. The maximum Gasteiger partial charge on any atom is 0.408 e. The second-order valence-corrected chi connectivity index (χ2v) is 10.0. The summed E-state index contributed by atoms with van der Waals surface area (Å²) in [6.07, 6.45) is -0.0803.